The molecule has 2 aliphatic rings. The van der Waals surface area contributed by atoms with Crippen LogP contribution in [0.15, 0.2) is 30.3 Å². The monoisotopic (exact) mass is 311 g/mol. The van der Waals surface area contributed by atoms with E-state index in [1.54, 1.807) is 7.11 Å². The van der Waals surface area contributed by atoms with Crippen LogP contribution in [0.3, 0.4) is 0 Å². The Balaban J connectivity index is 1.57. The molecule has 0 saturated carbocycles. The summed E-state index contributed by atoms with van der Waals surface area (Å²) in [7, 11) is 1.71. The van der Waals surface area contributed by atoms with Gasteiger partial charge < -0.3 is 4.74 Å². The Kier molecular flexibility index (Phi) is 3.95. The van der Waals surface area contributed by atoms with Crippen LogP contribution in [0.1, 0.15) is 25.5 Å². The summed E-state index contributed by atoms with van der Waals surface area (Å²) in [6, 6.07) is 11.8. The molecule has 0 bridgehead atoms. The number of piperazine rings is 1. The summed E-state index contributed by atoms with van der Waals surface area (Å²) in [4.78, 5) is 10.1. The van der Waals surface area contributed by atoms with E-state index in [9.17, 15) is 0 Å². The van der Waals surface area contributed by atoms with Crippen molar-refractivity contribution in [3.63, 3.8) is 0 Å². The zero-order chi connectivity index (χ0) is 15.8. The third kappa shape index (κ3) is 2.81. The molecule has 0 radical (unpaired) electrons. The summed E-state index contributed by atoms with van der Waals surface area (Å²) >= 11 is 0. The largest absolute Gasteiger partial charge is 0.494 e. The van der Waals surface area contributed by atoms with Crippen LogP contribution in [0.5, 0.6) is 5.75 Å². The molecule has 0 unspecified atom stereocenters. The first-order valence-corrected chi connectivity index (χ1v) is 8.65. The molecule has 122 valence electrons. The van der Waals surface area contributed by atoms with Crippen molar-refractivity contribution in [2.24, 2.45) is 0 Å². The van der Waals surface area contributed by atoms with Gasteiger partial charge >= 0.3 is 0 Å². The van der Waals surface area contributed by atoms with Crippen LogP contribution in [0.2, 0.25) is 0 Å². The van der Waals surface area contributed by atoms with Gasteiger partial charge in [-0.15, -0.1) is 0 Å². The van der Waals surface area contributed by atoms with E-state index < -0.39 is 0 Å². The fourth-order valence-electron chi connectivity index (χ4n) is 4.09. The lowest BCUT2D eigenvalue weighted by molar-refractivity contribution is 0.0532. The Morgan fingerprint density at radius 1 is 1.22 bits per heavy atom. The molecule has 2 aromatic rings. The van der Waals surface area contributed by atoms with Gasteiger partial charge in [0.2, 0.25) is 0 Å². The van der Waals surface area contributed by atoms with Crippen molar-refractivity contribution >= 4 is 10.9 Å². The van der Waals surface area contributed by atoms with Gasteiger partial charge in [-0.05, 0) is 38.4 Å². The zero-order valence-corrected chi connectivity index (χ0v) is 14.0. The van der Waals surface area contributed by atoms with E-state index in [-0.39, 0.29) is 0 Å². The number of rotatable bonds is 3. The van der Waals surface area contributed by atoms with Crippen molar-refractivity contribution in [1.82, 2.24) is 14.8 Å². The van der Waals surface area contributed by atoms with E-state index in [0.29, 0.717) is 6.04 Å². The minimum Gasteiger partial charge on any atom is -0.494 e. The molecule has 3 heterocycles. The maximum Gasteiger partial charge on any atom is 0.145 e. The van der Waals surface area contributed by atoms with E-state index in [1.165, 1.54) is 32.5 Å². The SMILES string of the molecule is COc1cccc2ccc(CN3C[C@@H]4CCCN4C[C@@H]3C)nc12. The predicted octanol–water partition coefficient (Wildman–Crippen LogP) is 2.91. The lowest BCUT2D eigenvalue weighted by Crippen LogP contribution is -2.54. The molecule has 2 saturated heterocycles. The van der Waals surface area contributed by atoms with Gasteiger partial charge in [-0.25, -0.2) is 4.98 Å². The second-order valence-corrected chi connectivity index (χ2v) is 6.90. The third-order valence-corrected chi connectivity index (χ3v) is 5.39. The van der Waals surface area contributed by atoms with Gasteiger partial charge in [-0.2, -0.15) is 0 Å². The van der Waals surface area contributed by atoms with Crippen molar-refractivity contribution in [2.75, 3.05) is 26.7 Å². The second kappa shape index (κ2) is 6.10. The van der Waals surface area contributed by atoms with E-state index in [0.717, 1.165) is 34.9 Å². The Hall–Kier alpha value is -1.65. The summed E-state index contributed by atoms with van der Waals surface area (Å²) in [5.74, 6) is 0.859. The quantitative estimate of drug-likeness (QED) is 0.871. The van der Waals surface area contributed by atoms with Crippen molar-refractivity contribution in [3.05, 3.63) is 36.0 Å². The van der Waals surface area contributed by atoms with Crippen molar-refractivity contribution in [2.45, 2.75) is 38.4 Å². The van der Waals surface area contributed by atoms with Gasteiger partial charge in [0.1, 0.15) is 11.3 Å². The molecule has 2 atom stereocenters. The van der Waals surface area contributed by atoms with Crippen molar-refractivity contribution in [1.29, 1.82) is 0 Å². The Morgan fingerprint density at radius 3 is 3.00 bits per heavy atom. The fourth-order valence-corrected chi connectivity index (χ4v) is 4.09. The number of methoxy groups -OCH3 is 1. The maximum atomic E-state index is 5.47. The number of para-hydroxylation sites is 1. The summed E-state index contributed by atoms with van der Waals surface area (Å²) in [6.45, 7) is 6.93. The molecule has 0 amide bonds. The first kappa shape index (κ1) is 14.9. The minimum absolute atomic E-state index is 0.597. The number of aromatic nitrogens is 1. The first-order chi connectivity index (χ1) is 11.2. The summed E-state index contributed by atoms with van der Waals surface area (Å²) in [6.07, 6.45) is 2.71. The molecule has 1 aromatic carbocycles. The number of hydrogen-bond acceptors (Lipinski definition) is 4. The van der Waals surface area contributed by atoms with E-state index >= 15 is 0 Å². The van der Waals surface area contributed by atoms with Gasteiger partial charge in [0, 0.05) is 37.1 Å². The van der Waals surface area contributed by atoms with Crippen LogP contribution in [-0.4, -0.2) is 53.6 Å². The lowest BCUT2D eigenvalue weighted by atomic mass is 10.1. The highest BCUT2D eigenvalue weighted by Gasteiger charge is 2.34. The molecule has 0 aliphatic carbocycles. The Labute approximate surface area is 138 Å². The average Bonchev–Trinajstić information content (AvgIpc) is 3.01. The molecular weight excluding hydrogens is 286 g/mol. The summed E-state index contributed by atoms with van der Waals surface area (Å²) < 4.78 is 5.47. The fraction of sp³-hybridized carbons (Fsp3) is 0.526. The number of benzene rings is 1. The molecule has 1 aromatic heterocycles. The van der Waals surface area contributed by atoms with E-state index in [2.05, 4.69) is 34.9 Å². The minimum atomic E-state index is 0.597. The van der Waals surface area contributed by atoms with Gasteiger partial charge in [-0.3, -0.25) is 9.80 Å². The molecule has 4 heteroatoms. The predicted molar refractivity (Wildman–Crippen MR) is 92.8 cm³/mol. The number of nitrogens with zero attached hydrogens (tertiary/aromatic N) is 3. The number of ether oxygens (including phenoxy) is 1. The first-order valence-electron chi connectivity index (χ1n) is 8.65. The van der Waals surface area contributed by atoms with Crippen LogP contribution in [-0.2, 0) is 6.54 Å². The molecular formula is C19H25N3O. The topological polar surface area (TPSA) is 28.6 Å². The summed E-state index contributed by atoms with van der Waals surface area (Å²) in [5, 5.41) is 1.14. The average molecular weight is 311 g/mol. The van der Waals surface area contributed by atoms with Crippen molar-refractivity contribution < 1.29 is 4.74 Å². The van der Waals surface area contributed by atoms with Gasteiger partial charge in [0.15, 0.2) is 0 Å². The van der Waals surface area contributed by atoms with Gasteiger partial charge in [-0.1, -0.05) is 18.2 Å². The molecule has 0 N–H and O–H groups in total. The molecule has 2 fully saturated rings. The number of pyridine rings is 1. The Morgan fingerprint density at radius 2 is 2.13 bits per heavy atom. The lowest BCUT2D eigenvalue weighted by Gasteiger charge is -2.42. The van der Waals surface area contributed by atoms with Crippen LogP contribution in [0.25, 0.3) is 10.9 Å². The smallest absolute Gasteiger partial charge is 0.145 e. The zero-order valence-electron chi connectivity index (χ0n) is 14.0. The molecule has 4 nitrogen and oxygen atoms in total. The van der Waals surface area contributed by atoms with Gasteiger partial charge in [0.05, 0.1) is 12.8 Å². The molecule has 4 rings (SSSR count). The van der Waals surface area contributed by atoms with Crippen LogP contribution in [0, 0.1) is 0 Å². The number of fused-ring (bicyclic) bond motifs is 2. The van der Waals surface area contributed by atoms with Crippen molar-refractivity contribution in [3.8, 4) is 5.75 Å². The highest BCUT2D eigenvalue weighted by Crippen LogP contribution is 2.27. The number of hydrogen-bond donors (Lipinski definition) is 0. The maximum absolute atomic E-state index is 5.47. The summed E-state index contributed by atoms with van der Waals surface area (Å²) in [5.41, 5.74) is 2.11. The standard InChI is InChI=1S/C19H25N3O/c1-14-11-21-10-4-6-17(21)13-22(14)12-16-9-8-15-5-3-7-18(23-2)19(15)20-16/h3,5,7-9,14,17H,4,6,10-13H2,1-2H3/t14-,17-/m0/s1. The second-order valence-electron chi connectivity index (χ2n) is 6.90. The van der Waals surface area contributed by atoms with E-state index in [4.69, 9.17) is 9.72 Å². The molecule has 2 aliphatic heterocycles. The van der Waals surface area contributed by atoms with Crippen LogP contribution < -0.4 is 4.74 Å². The normalized spacial score (nSPS) is 25.7. The third-order valence-electron chi connectivity index (χ3n) is 5.39. The molecule has 23 heavy (non-hydrogen) atoms. The Bertz CT molecular complexity index is 702. The highest BCUT2D eigenvalue weighted by molar-refractivity contribution is 5.84. The van der Waals surface area contributed by atoms with Gasteiger partial charge in [0.25, 0.3) is 0 Å². The van der Waals surface area contributed by atoms with E-state index in [1.807, 2.05) is 12.1 Å². The van der Waals surface area contributed by atoms with Crippen LogP contribution >= 0.6 is 0 Å². The molecule has 0 spiro atoms. The van der Waals surface area contributed by atoms with Crippen LogP contribution in [0.4, 0.5) is 0 Å². The highest BCUT2D eigenvalue weighted by atomic mass is 16.5.